The Kier molecular flexibility index (Phi) is 4.43. The Labute approximate surface area is 124 Å². The van der Waals surface area contributed by atoms with Gasteiger partial charge in [-0.25, -0.2) is 0 Å². The first kappa shape index (κ1) is 14.3. The Bertz CT molecular complexity index is 570. The molecule has 19 heavy (non-hydrogen) atoms. The Morgan fingerprint density at radius 3 is 2.16 bits per heavy atom. The Morgan fingerprint density at radius 1 is 0.947 bits per heavy atom. The van der Waals surface area contributed by atoms with E-state index in [1.807, 2.05) is 0 Å². The lowest BCUT2D eigenvalue weighted by Crippen LogP contribution is -2.14. The van der Waals surface area contributed by atoms with Gasteiger partial charge in [0.25, 0.3) is 0 Å². The highest BCUT2D eigenvalue weighted by molar-refractivity contribution is 9.10. The molecule has 0 radical (unpaired) electrons. The fraction of sp³-hybridized carbons (Fsp3) is 0.294. The summed E-state index contributed by atoms with van der Waals surface area (Å²) in [6.07, 6.45) is 0.865. The predicted molar refractivity (Wildman–Crippen MR) is 85.4 cm³/mol. The van der Waals surface area contributed by atoms with Gasteiger partial charge in [0.15, 0.2) is 0 Å². The van der Waals surface area contributed by atoms with Crippen LogP contribution in [0.25, 0.3) is 0 Å². The van der Waals surface area contributed by atoms with Gasteiger partial charge in [0.05, 0.1) is 0 Å². The van der Waals surface area contributed by atoms with Crippen LogP contribution in [0, 0.1) is 20.8 Å². The zero-order valence-corrected chi connectivity index (χ0v) is 13.3. The van der Waals surface area contributed by atoms with Gasteiger partial charge < -0.3 is 5.73 Å². The van der Waals surface area contributed by atoms with Crippen molar-refractivity contribution in [3.05, 3.63) is 68.7 Å². The summed E-state index contributed by atoms with van der Waals surface area (Å²) < 4.78 is 1.10. The normalized spacial score (nSPS) is 12.5. The molecule has 0 saturated heterocycles. The highest BCUT2D eigenvalue weighted by atomic mass is 79.9. The fourth-order valence-electron chi connectivity index (χ4n) is 2.48. The molecular formula is C17H20BrN. The third kappa shape index (κ3) is 3.68. The summed E-state index contributed by atoms with van der Waals surface area (Å²) in [5.74, 6) is 0. The van der Waals surface area contributed by atoms with Gasteiger partial charge in [-0.05, 0) is 49.9 Å². The van der Waals surface area contributed by atoms with Crippen LogP contribution >= 0.6 is 15.9 Å². The Balaban J connectivity index is 2.22. The molecule has 1 nitrogen and oxygen atoms in total. The molecule has 0 aromatic heterocycles. The maximum Gasteiger partial charge on any atom is 0.0347 e. The van der Waals surface area contributed by atoms with Gasteiger partial charge in [0.1, 0.15) is 0 Å². The molecule has 100 valence electrons. The van der Waals surface area contributed by atoms with Crippen molar-refractivity contribution >= 4 is 15.9 Å². The number of rotatable bonds is 3. The Hall–Kier alpha value is -1.12. The number of hydrogen-bond donors (Lipinski definition) is 1. The van der Waals surface area contributed by atoms with Crippen LogP contribution in [-0.4, -0.2) is 0 Å². The third-order valence-corrected chi connectivity index (χ3v) is 3.98. The highest BCUT2D eigenvalue weighted by Gasteiger charge is 2.11. The van der Waals surface area contributed by atoms with Crippen LogP contribution < -0.4 is 5.73 Å². The second-order valence-corrected chi connectivity index (χ2v) is 6.19. The van der Waals surface area contributed by atoms with Crippen molar-refractivity contribution in [1.29, 1.82) is 0 Å². The van der Waals surface area contributed by atoms with Crippen molar-refractivity contribution in [2.24, 2.45) is 5.73 Å². The van der Waals surface area contributed by atoms with E-state index < -0.39 is 0 Å². The maximum atomic E-state index is 6.35. The van der Waals surface area contributed by atoms with Gasteiger partial charge in [-0.2, -0.15) is 0 Å². The van der Waals surface area contributed by atoms with E-state index in [9.17, 15) is 0 Å². The quantitative estimate of drug-likeness (QED) is 0.878. The van der Waals surface area contributed by atoms with E-state index >= 15 is 0 Å². The van der Waals surface area contributed by atoms with E-state index in [1.165, 1.54) is 27.8 Å². The molecule has 2 aromatic carbocycles. The summed E-state index contributed by atoms with van der Waals surface area (Å²) in [6.45, 7) is 6.34. The molecular weight excluding hydrogens is 298 g/mol. The first-order chi connectivity index (χ1) is 8.95. The molecule has 0 spiro atoms. The minimum atomic E-state index is 0.0242. The highest BCUT2D eigenvalue weighted by Crippen LogP contribution is 2.26. The molecule has 1 atom stereocenters. The van der Waals surface area contributed by atoms with E-state index in [4.69, 9.17) is 5.73 Å². The smallest absolute Gasteiger partial charge is 0.0347 e. The largest absolute Gasteiger partial charge is 0.324 e. The molecule has 0 heterocycles. The van der Waals surface area contributed by atoms with Gasteiger partial charge >= 0.3 is 0 Å². The van der Waals surface area contributed by atoms with E-state index in [2.05, 4.69) is 73.1 Å². The second-order valence-electron chi connectivity index (χ2n) is 5.33. The number of benzene rings is 2. The summed E-state index contributed by atoms with van der Waals surface area (Å²) in [7, 11) is 0. The summed E-state index contributed by atoms with van der Waals surface area (Å²) in [6, 6.07) is 13.0. The molecule has 0 aliphatic heterocycles. The lowest BCUT2D eigenvalue weighted by atomic mass is 9.97. The van der Waals surface area contributed by atoms with Crippen molar-refractivity contribution in [3.8, 4) is 0 Å². The zero-order valence-electron chi connectivity index (χ0n) is 11.7. The minimum Gasteiger partial charge on any atom is -0.324 e. The van der Waals surface area contributed by atoms with Crippen LogP contribution in [-0.2, 0) is 6.42 Å². The minimum absolute atomic E-state index is 0.0242. The lowest BCUT2D eigenvalue weighted by molar-refractivity contribution is 0.717. The van der Waals surface area contributed by atoms with Gasteiger partial charge in [-0.3, -0.25) is 0 Å². The first-order valence-corrected chi connectivity index (χ1v) is 7.34. The summed E-state index contributed by atoms with van der Waals surface area (Å²) >= 11 is 3.61. The van der Waals surface area contributed by atoms with Gasteiger partial charge in [0.2, 0.25) is 0 Å². The average Bonchev–Trinajstić information content (AvgIpc) is 2.26. The fourth-order valence-corrected chi connectivity index (χ4v) is 3.27. The van der Waals surface area contributed by atoms with Crippen LogP contribution in [0.2, 0.25) is 0 Å². The molecule has 2 aromatic rings. The van der Waals surface area contributed by atoms with Crippen LogP contribution in [0.4, 0.5) is 0 Å². The molecule has 0 amide bonds. The standard InChI is InChI=1S/C17H20BrN/c1-11-4-5-15(16(18)9-11)17(19)10-14-7-12(2)6-13(3)8-14/h4-9,17H,10,19H2,1-3H3. The van der Waals surface area contributed by atoms with Gasteiger partial charge in [-0.1, -0.05) is 57.4 Å². The number of aryl methyl sites for hydroxylation is 3. The number of nitrogens with two attached hydrogens (primary N) is 1. The molecule has 0 saturated carbocycles. The topological polar surface area (TPSA) is 26.0 Å². The van der Waals surface area contributed by atoms with Crippen molar-refractivity contribution in [2.45, 2.75) is 33.2 Å². The van der Waals surface area contributed by atoms with Crippen molar-refractivity contribution in [3.63, 3.8) is 0 Å². The molecule has 2 rings (SSSR count). The van der Waals surface area contributed by atoms with Crippen molar-refractivity contribution < 1.29 is 0 Å². The van der Waals surface area contributed by atoms with Crippen LogP contribution in [0.1, 0.15) is 33.9 Å². The van der Waals surface area contributed by atoms with Crippen LogP contribution in [0.15, 0.2) is 40.9 Å². The van der Waals surface area contributed by atoms with Crippen LogP contribution in [0.3, 0.4) is 0 Å². The van der Waals surface area contributed by atoms with Gasteiger partial charge in [-0.15, -0.1) is 0 Å². The molecule has 2 N–H and O–H groups in total. The third-order valence-electron chi connectivity index (χ3n) is 3.29. The van der Waals surface area contributed by atoms with Gasteiger partial charge in [0, 0.05) is 10.5 Å². The predicted octanol–water partition coefficient (Wildman–Crippen LogP) is 4.62. The van der Waals surface area contributed by atoms with E-state index in [-0.39, 0.29) is 6.04 Å². The summed E-state index contributed by atoms with van der Waals surface area (Å²) in [4.78, 5) is 0. The number of halogens is 1. The average molecular weight is 318 g/mol. The molecule has 2 heteroatoms. The first-order valence-electron chi connectivity index (χ1n) is 6.54. The molecule has 1 unspecified atom stereocenters. The zero-order chi connectivity index (χ0) is 14.0. The number of hydrogen-bond acceptors (Lipinski definition) is 1. The van der Waals surface area contributed by atoms with E-state index in [0.29, 0.717) is 0 Å². The SMILES string of the molecule is Cc1cc(C)cc(CC(N)c2ccc(C)cc2Br)c1. The summed E-state index contributed by atoms with van der Waals surface area (Å²) in [5, 5.41) is 0. The van der Waals surface area contributed by atoms with E-state index in [0.717, 1.165) is 10.9 Å². The van der Waals surface area contributed by atoms with E-state index in [1.54, 1.807) is 0 Å². The Morgan fingerprint density at radius 2 is 1.58 bits per heavy atom. The molecule has 0 aliphatic rings. The monoisotopic (exact) mass is 317 g/mol. The molecule has 0 aliphatic carbocycles. The lowest BCUT2D eigenvalue weighted by Gasteiger charge is -2.15. The maximum absolute atomic E-state index is 6.35. The summed E-state index contributed by atoms with van der Waals surface area (Å²) in [5.41, 5.74) is 12.7. The van der Waals surface area contributed by atoms with Crippen molar-refractivity contribution in [2.75, 3.05) is 0 Å². The second kappa shape index (κ2) is 5.89. The van der Waals surface area contributed by atoms with Crippen LogP contribution in [0.5, 0.6) is 0 Å². The molecule has 0 bridgehead atoms. The van der Waals surface area contributed by atoms with Crippen molar-refractivity contribution in [1.82, 2.24) is 0 Å². The molecule has 0 fully saturated rings.